The fourth-order valence-electron chi connectivity index (χ4n) is 2.79. The average molecular weight is 303 g/mol. The van der Waals surface area contributed by atoms with Crippen LogP contribution in [0.2, 0.25) is 0 Å². The van der Waals surface area contributed by atoms with E-state index in [4.69, 9.17) is 0 Å². The summed E-state index contributed by atoms with van der Waals surface area (Å²) < 4.78 is 1.86. The van der Waals surface area contributed by atoms with E-state index in [2.05, 4.69) is 42.7 Å². The highest BCUT2D eigenvalue weighted by Gasteiger charge is 2.31. The number of rotatable bonds is 2. The Hall–Kier alpha value is -1.62. The summed E-state index contributed by atoms with van der Waals surface area (Å²) in [6, 6.07) is 2.35. The summed E-state index contributed by atoms with van der Waals surface area (Å²) in [6.45, 7) is 7.08. The van der Waals surface area contributed by atoms with Gasteiger partial charge in [0.25, 0.3) is 5.91 Å². The molecule has 3 heterocycles. The normalized spacial score (nSPS) is 19.2. The van der Waals surface area contributed by atoms with E-state index in [0.29, 0.717) is 5.56 Å². The number of likely N-dealkylation sites (tertiary alicyclic amines) is 1. The Kier molecular flexibility index (Phi) is 3.61. The van der Waals surface area contributed by atoms with Crippen molar-refractivity contribution in [2.45, 2.75) is 45.2 Å². The molecule has 0 saturated carbocycles. The maximum absolute atomic E-state index is 12.8. The van der Waals surface area contributed by atoms with Gasteiger partial charge in [-0.15, -0.1) is 0 Å². The van der Waals surface area contributed by atoms with Gasteiger partial charge in [0.2, 0.25) is 0 Å². The lowest BCUT2D eigenvalue weighted by Crippen LogP contribution is -2.30. The van der Waals surface area contributed by atoms with Gasteiger partial charge in [-0.1, -0.05) is 0 Å². The zero-order valence-electron chi connectivity index (χ0n) is 12.7. The number of carbonyl (C=O) groups is 1. The van der Waals surface area contributed by atoms with Crippen molar-refractivity contribution in [1.82, 2.24) is 14.7 Å². The fraction of sp³-hybridized carbons (Fsp3) is 0.500. The van der Waals surface area contributed by atoms with Crippen LogP contribution < -0.4 is 0 Å². The average Bonchev–Trinajstić information content (AvgIpc) is 3.16. The van der Waals surface area contributed by atoms with E-state index in [1.807, 2.05) is 15.8 Å². The van der Waals surface area contributed by atoms with Crippen LogP contribution in [0.1, 0.15) is 55.6 Å². The molecular weight excluding hydrogens is 282 g/mol. The topological polar surface area (TPSA) is 38.1 Å². The molecule has 21 heavy (non-hydrogen) atoms. The highest BCUT2D eigenvalue weighted by molar-refractivity contribution is 7.07. The Labute approximate surface area is 129 Å². The SMILES string of the molecule is CC(C)(C)n1cc(C(=O)N2CCC[C@H]2c2ccsc2)cn1. The summed E-state index contributed by atoms with van der Waals surface area (Å²) in [5.41, 5.74) is 1.84. The molecule has 3 rings (SSSR count). The highest BCUT2D eigenvalue weighted by Crippen LogP contribution is 2.34. The first kappa shape index (κ1) is 14.3. The lowest BCUT2D eigenvalue weighted by atomic mass is 10.1. The van der Waals surface area contributed by atoms with Gasteiger partial charge in [0.05, 0.1) is 23.3 Å². The quantitative estimate of drug-likeness (QED) is 0.849. The van der Waals surface area contributed by atoms with Crippen LogP contribution in [0, 0.1) is 0 Å². The van der Waals surface area contributed by atoms with Crippen molar-refractivity contribution < 1.29 is 4.79 Å². The van der Waals surface area contributed by atoms with Gasteiger partial charge in [0.1, 0.15) is 0 Å². The van der Waals surface area contributed by atoms with Crippen LogP contribution in [0.5, 0.6) is 0 Å². The molecule has 2 aromatic rings. The molecule has 1 aliphatic rings. The lowest BCUT2D eigenvalue weighted by molar-refractivity contribution is 0.0735. The minimum absolute atomic E-state index is 0.0965. The number of amides is 1. The van der Waals surface area contributed by atoms with Crippen LogP contribution in [0.3, 0.4) is 0 Å². The zero-order valence-corrected chi connectivity index (χ0v) is 13.6. The Morgan fingerprint density at radius 3 is 2.86 bits per heavy atom. The highest BCUT2D eigenvalue weighted by atomic mass is 32.1. The third kappa shape index (κ3) is 2.75. The molecule has 1 aliphatic heterocycles. The summed E-state index contributed by atoms with van der Waals surface area (Å²) >= 11 is 1.69. The summed E-state index contributed by atoms with van der Waals surface area (Å²) in [4.78, 5) is 14.8. The Morgan fingerprint density at radius 2 is 2.24 bits per heavy atom. The third-order valence-corrected chi connectivity index (χ3v) is 4.66. The number of aromatic nitrogens is 2. The molecule has 0 spiro atoms. The Morgan fingerprint density at radius 1 is 1.43 bits per heavy atom. The Balaban J connectivity index is 1.83. The van der Waals surface area contributed by atoms with E-state index in [0.717, 1.165) is 19.4 Å². The first-order valence-corrected chi connectivity index (χ1v) is 8.29. The summed E-state index contributed by atoms with van der Waals surface area (Å²) in [5.74, 6) is 0.0965. The van der Waals surface area contributed by atoms with Crippen molar-refractivity contribution in [1.29, 1.82) is 0 Å². The summed E-state index contributed by atoms with van der Waals surface area (Å²) in [6.07, 6.45) is 5.68. The van der Waals surface area contributed by atoms with E-state index in [1.54, 1.807) is 17.5 Å². The van der Waals surface area contributed by atoms with Gasteiger partial charge in [-0.05, 0) is 56.0 Å². The van der Waals surface area contributed by atoms with Gasteiger partial charge in [-0.3, -0.25) is 9.48 Å². The number of hydrogen-bond acceptors (Lipinski definition) is 3. The van der Waals surface area contributed by atoms with Gasteiger partial charge in [0.15, 0.2) is 0 Å². The largest absolute Gasteiger partial charge is 0.331 e. The number of carbonyl (C=O) groups excluding carboxylic acids is 1. The molecule has 0 radical (unpaired) electrons. The van der Waals surface area contributed by atoms with Gasteiger partial charge in [-0.2, -0.15) is 16.4 Å². The lowest BCUT2D eigenvalue weighted by Gasteiger charge is -2.24. The fourth-order valence-corrected chi connectivity index (χ4v) is 3.49. The molecule has 1 fully saturated rings. The zero-order chi connectivity index (χ0) is 15.0. The summed E-state index contributed by atoms with van der Waals surface area (Å²) in [5, 5.41) is 8.56. The second-order valence-corrected chi connectivity index (χ2v) is 7.34. The van der Waals surface area contributed by atoms with Crippen molar-refractivity contribution in [2.75, 3.05) is 6.54 Å². The smallest absolute Gasteiger partial charge is 0.257 e. The summed E-state index contributed by atoms with van der Waals surface area (Å²) in [7, 11) is 0. The molecule has 0 aliphatic carbocycles. The van der Waals surface area contributed by atoms with Crippen LogP contribution in [0.4, 0.5) is 0 Å². The molecule has 0 unspecified atom stereocenters. The van der Waals surface area contributed by atoms with Crippen molar-refractivity contribution in [2.24, 2.45) is 0 Å². The van der Waals surface area contributed by atoms with Gasteiger partial charge >= 0.3 is 0 Å². The van der Waals surface area contributed by atoms with Crippen LogP contribution in [-0.2, 0) is 5.54 Å². The molecule has 4 nitrogen and oxygen atoms in total. The van der Waals surface area contributed by atoms with Crippen LogP contribution in [0.15, 0.2) is 29.2 Å². The predicted octanol–water partition coefficient (Wildman–Crippen LogP) is 3.68. The predicted molar refractivity (Wildman–Crippen MR) is 84.6 cm³/mol. The first-order chi connectivity index (χ1) is 9.97. The Bertz CT molecular complexity index is 624. The molecule has 2 aromatic heterocycles. The van der Waals surface area contributed by atoms with E-state index < -0.39 is 0 Å². The van der Waals surface area contributed by atoms with E-state index in [-0.39, 0.29) is 17.5 Å². The second kappa shape index (κ2) is 5.30. The van der Waals surface area contributed by atoms with Gasteiger partial charge in [0, 0.05) is 12.7 Å². The van der Waals surface area contributed by atoms with E-state index >= 15 is 0 Å². The molecule has 5 heteroatoms. The number of hydrogen-bond donors (Lipinski definition) is 0. The van der Waals surface area contributed by atoms with Crippen molar-refractivity contribution in [3.8, 4) is 0 Å². The van der Waals surface area contributed by atoms with Crippen LogP contribution in [-0.4, -0.2) is 27.1 Å². The van der Waals surface area contributed by atoms with Crippen molar-refractivity contribution >= 4 is 17.2 Å². The minimum Gasteiger partial charge on any atom is -0.331 e. The third-order valence-electron chi connectivity index (χ3n) is 3.96. The monoisotopic (exact) mass is 303 g/mol. The molecule has 0 aromatic carbocycles. The van der Waals surface area contributed by atoms with Crippen LogP contribution in [0.25, 0.3) is 0 Å². The second-order valence-electron chi connectivity index (χ2n) is 6.56. The standard InChI is InChI=1S/C16H21N3OS/c1-16(2,3)19-10-13(9-17-19)15(20)18-7-4-5-14(18)12-6-8-21-11-12/h6,8-11,14H,4-5,7H2,1-3H3/t14-/m0/s1. The van der Waals surface area contributed by atoms with Crippen molar-refractivity contribution in [3.63, 3.8) is 0 Å². The minimum atomic E-state index is -0.101. The molecule has 1 atom stereocenters. The van der Waals surface area contributed by atoms with E-state index in [1.165, 1.54) is 5.56 Å². The molecular formula is C16H21N3OS. The van der Waals surface area contributed by atoms with Gasteiger partial charge in [-0.25, -0.2) is 0 Å². The maximum Gasteiger partial charge on any atom is 0.257 e. The number of thiophene rings is 1. The molecule has 1 amide bonds. The molecule has 0 bridgehead atoms. The molecule has 1 saturated heterocycles. The molecule has 112 valence electrons. The first-order valence-electron chi connectivity index (χ1n) is 7.35. The van der Waals surface area contributed by atoms with Gasteiger partial charge < -0.3 is 4.90 Å². The molecule has 0 N–H and O–H groups in total. The number of nitrogens with zero attached hydrogens (tertiary/aromatic N) is 3. The van der Waals surface area contributed by atoms with Crippen molar-refractivity contribution in [3.05, 3.63) is 40.3 Å². The van der Waals surface area contributed by atoms with Crippen LogP contribution >= 0.6 is 11.3 Å². The van der Waals surface area contributed by atoms with E-state index in [9.17, 15) is 4.79 Å². The maximum atomic E-state index is 12.8.